The molecule has 2 fully saturated rings. The SMILES string of the molecule is FCC1(CF)CC2(C1)OCCNC2c1ccns1. The summed E-state index contributed by atoms with van der Waals surface area (Å²) in [4.78, 5) is 1.08. The lowest BCUT2D eigenvalue weighted by atomic mass is 9.57. The zero-order chi connectivity index (χ0) is 12.6. The summed E-state index contributed by atoms with van der Waals surface area (Å²) in [6.07, 6.45) is 2.64. The molecule has 6 heteroatoms. The van der Waals surface area contributed by atoms with E-state index in [0.29, 0.717) is 19.4 Å². The molecule has 18 heavy (non-hydrogen) atoms. The van der Waals surface area contributed by atoms with Crippen molar-refractivity contribution in [1.82, 2.24) is 9.69 Å². The molecule has 0 radical (unpaired) electrons. The summed E-state index contributed by atoms with van der Waals surface area (Å²) < 4.78 is 35.9. The van der Waals surface area contributed by atoms with Crippen LogP contribution in [-0.4, -0.2) is 36.5 Å². The quantitative estimate of drug-likeness (QED) is 0.918. The van der Waals surface area contributed by atoms with Gasteiger partial charge in [-0.1, -0.05) is 0 Å². The van der Waals surface area contributed by atoms with Crippen LogP contribution in [-0.2, 0) is 4.74 Å². The zero-order valence-electron chi connectivity index (χ0n) is 9.99. The van der Waals surface area contributed by atoms with Gasteiger partial charge in [0.2, 0.25) is 0 Å². The molecule has 1 spiro atoms. The average molecular weight is 274 g/mol. The first-order chi connectivity index (χ1) is 8.74. The van der Waals surface area contributed by atoms with Gasteiger partial charge in [-0.05, 0) is 30.4 Å². The van der Waals surface area contributed by atoms with Gasteiger partial charge in [0.15, 0.2) is 0 Å². The van der Waals surface area contributed by atoms with Gasteiger partial charge >= 0.3 is 0 Å². The Morgan fingerprint density at radius 2 is 2.22 bits per heavy atom. The molecule has 100 valence electrons. The maximum atomic E-state index is 13.0. The first-order valence-corrected chi connectivity index (χ1v) is 6.91. The molecule has 1 N–H and O–H groups in total. The summed E-state index contributed by atoms with van der Waals surface area (Å²) in [7, 11) is 0. The van der Waals surface area contributed by atoms with Crippen molar-refractivity contribution in [2.24, 2.45) is 5.41 Å². The summed E-state index contributed by atoms with van der Waals surface area (Å²) >= 11 is 1.42. The number of nitrogens with one attached hydrogen (secondary N) is 1. The highest BCUT2D eigenvalue weighted by molar-refractivity contribution is 7.05. The van der Waals surface area contributed by atoms with E-state index in [1.807, 2.05) is 6.07 Å². The lowest BCUT2D eigenvalue weighted by molar-refractivity contribution is -0.213. The van der Waals surface area contributed by atoms with Gasteiger partial charge < -0.3 is 10.1 Å². The molecule has 0 bridgehead atoms. The van der Waals surface area contributed by atoms with Crippen LogP contribution < -0.4 is 5.32 Å². The first-order valence-electron chi connectivity index (χ1n) is 6.14. The first kappa shape index (κ1) is 12.4. The number of hydrogen-bond donors (Lipinski definition) is 1. The number of nitrogens with zero attached hydrogens (tertiary/aromatic N) is 1. The Morgan fingerprint density at radius 3 is 2.83 bits per heavy atom. The number of morpholine rings is 1. The highest BCUT2D eigenvalue weighted by Gasteiger charge is 2.61. The Balaban J connectivity index is 1.82. The maximum Gasteiger partial charge on any atom is 0.0977 e. The Hall–Kier alpha value is -0.590. The largest absolute Gasteiger partial charge is 0.372 e. The van der Waals surface area contributed by atoms with Crippen molar-refractivity contribution in [3.05, 3.63) is 17.1 Å². The third-order valence-corrected chi connectivity index (χ3v) is 4.83. The molecule has 1 aromatic heterocycles. The van der Waals surface area contributed by atoms with Crippen LogP contribution >= 0.6 is 11.5 Å². The zero-order valence-corrected chi connectivity index (χ0v) is 10.8. The Bertz CT molecular complexity index is 400. The number of halogens is 2. The van der Waals surface area contributed by atoms with Gasteiger partial charge in [0.25, 0.3) is 0 Å². The fraction of sp³-hybridized carbons (Fsp3) is 0.750. The van der Waals surface area contributed by atoms with Crippen LogP contribution in [0.15, 0.2) is 12.3 Å². The van der Waals surface area contributed by atoms with E-state index >= 15 is 0 Å². The van der Waals surface area contributed by atoms with Crippen molar-refractivity contribution in [1.29, 1.82) is 0 Å². The van der Waals surface area contributed by atoms with E-state index in [2.05, 4.69) is 9.69 Å². The lowest BCUT2D eigenvalue weighted by Gasteiger charge is -2.58. The van der Waals surface area contributed by atoms with Crippen molar-refractivity contribution < 1.29 is 13.5 Å². The van der Waals surface area contributed by atoms with Crippen molar-refractivity contribution in [2.75, 3.05) is 26.5 Å². The summed E-state index contributed by atoms with van der Waals surface area (Å²) in [6, 6.07) is 1.97. The van der Waals surface area contributed by atoms with E-state index in [0.717, 1.165) is 11.4 Å². The van der Waals surface area contributed by atoms with Gasteiger partial charge in [-0.3, -0.25) is 8.78 Å². The van der Waals surface area contributed by atoms with E-state index in [1.54, 1.807) is 6.20 Å². The second-order valence-electron chi connectivity index (χ2n) is 5.34. The molecule has 1 aliphatic heterocycles. The van der Waals surface area contributed by atoms with Gasteiger partial charge in [-0.25, -0.2) is 4.37 Å². The molecule has 0 amide bonds. The maximum absolute atomic E-state index is 13.0. The molecular weight excluding hydrogens is 258 g/mol. The summed E-state index contributed by atoms with van der Waals surface area (Å²) in [6.45, 7) is 0.153. The van der Waals surface area contributed by atoms with Gasteiger partial charge in [0.05, 0.1) is 31.6 Å². The van der Waals surface area contributed by atoms with Crippen LogP contribution in [0.5, 0.6) is 0 Å². The van der Waals surface area contributed by atoms with Crippen LogP contribution in [0.3, 0.4) is 0 Å². The van der Waals surface area contributed by atoms with Gasteiger partial charge in [-0.15, -0.1) is 0 Å². The van der Waals surface area contributed by atoms with Gasteiger partial charge in [-0.2, -0.15) is 0 Å². The highest BCUT2D eigenvalue weighted by atomic mass is 32.1. The van der Waals surface area contributed by atoms with Crippen LogP contribution in [0, 0.1) is 5.41 Å². The fourth-order valence-electron chi connectivity index (χ4n) is 3.21. The number of aromatic nitrogens is 1. The van der Waals surface area contributed by atoms with Crippen molar-refractivity contribution in [3.63, 3.8) is 0 Å². The van der Waals surface area contributed by atoms with E-state index in [9.17, 15) is 8.78 Å². The second kappa shape index (κ2) is 4.51. The molecule has 1 unspecified atom stereocenters. The third kappa shape index (κ3) is 1.78. The van der Waals surface area contributed by atoms with Crippen molar-refractivity contribution in [3.8, 4) is 0 Å². The molecule has 1 saturated carbocycles. The molecule has 1 aliphatic carbocycles. The van der Waals surface area contributed by atoms with Crippen LogP contribution in [0.2, 0.25) is 0 Å². The minimum atomic E-state index is -0.818. The second-order valence-corrected chi connectivity index (χ2v) is 6.20. The van der Waals surface area contributed by atoms with Crippen LogP contribution in [0.25, 0.3) is 0 Å². The van der Waals surface area contributed by atoms with Crippen LogP contribution in [0.1, 0.15) is 23.8 Å². The number of hydrogen-bond acceptors (Lipinski definition) is 4. The van der Waals surface area contributed by atoms with E-state index in [-0.39, 0.29) is 6.04 Å². The number of rotatable bonds is 3. The Labute approximate surface area is 109 Å². The Kier molecular flexibility index (Phi) is 3.11. The predicted molar refractivity (Wildman–Crippen MR) is 65.2 cm³/mol. The van der Waals surface area contributed by atoms with E-state index in [1.165, 1.54) is 11.5 Å². The van der Waals surface area contributed by atoms with E-state index < -0.39 is 24.4 Å². The molecule has 1 aromatic rings. The summed E-state index contributed by atoms with van der Waals surface area (Å²) in [5.74, 6) is 0. The average Bonchev–Trinajstić information content (AvgIpc) is 2.89. The number of alkyl halides is 2. The molecule has 1 atom stereocenters. The van der Waals surface area contributed by atoms with Crippen LogP contribution in [0.4, 0.5) is 8.78 Å². The normalized spacial score (nSPS) is 29.1. The molecule has 1 saturated heterocycles. The highest BCUT2D eigenvalue weighted by Crippen LogP contribution is 2.57. The number of ether oxygens (including phenoxy) is 1. The lowest BCUT2D eigenvalue weighted by Crippen LogP contribution is -2.64. The smallest absolute Gasteiger partial charge is 0.0977 e. The Morgan fingerprint density at radius 1 is 1.44 bits per heavy atom. The third-order valence-electron chi connectivity index (χ3n) is 4.02. The fourth-order valence-corrected chi connectivity index (χ4v) is 3.98. The van der Waals surface area contributed by atoms with Crippen molar-refractivity contribution in [2.45, 2.75) is 24.5 Å². The minimum absolute atomic E-state index is 0.0185. The monoisotopic (exact) mass is 274 g/mol. The molecule has 2 aliphatic rings. The standard InChI is InChI=1S/C12H16F2N2OS/c13-7-11(8-14)5-12(6-11)10(15-3-4-17-12)9-1-2-16-18-9/h1-2,10,15H,3-8H2. The topological polar surface area (TPSA) is 34.1 Å². The molecule has 3 rings (SSSR count). The molecule has 2 heterocycles. The summed E-state index contributed by atoms with van der Waals surface area (Å²) in [5.41, 5.74) is -1.26. The molecular formula is C12H16F2N2OS. The molecule has 3 nitrogen and oxygen atoms in total. The minimum Gasteiger partial charge on any atom is -0.372 e. The van der Waals surface area contributed by atoms with E-state index in [4.69, 9.17) is 4.74 Å². The molecule has 0 aromatic carbocycles. The predicted octanol–water partition coefficient (Wildman–Crippen LogP) is 2.26. The van der Waals surface area contributed by atoms with Crippen molar-refractivity contribution >= 4 is 11.5 Å². The van der Waals surface area contributed by atoms with Gasteiger partial charge in [0.1, 0.15) is 0 Å². The summed E-state index contributed by atoms with van der Waals surface area (Å²) in [5, 5.41) is 3.40. The van der Waals surface area contributed by atoms with Gasteiger partial charge in [0, 0.05) is 23.0 Å².